The van der Waals surface area contributed by atoms with Crippen LogP contribution in [0.25, 0.3) is 0 Å². The van der Waals surface area contributed by atoms with Crippen LogP contribution in [0.15, 0.2) is 78.9 Å². The Bertz CT molecular complexity index is 875. The zero-order chi connectivity index (χ0) is 19.8. The van der Waals surface area contributed by atoms with E-state index in [0.29, 0.717) is 5.75 Å². The van der Waals surface area contributed by atoms with Crippen LogP contribution in [0.4, 0.5) is 5.69 Å². The summed E-state index contributed by atoms with van der Waals surface area (Å²) in [7, 11) is 0. The van der Waals surface area contributed by atoms with E-state index < -0.39 is 0 Å². The molecule has 0 radical (unpaired) electrons. The highest BCUT2D eigenvalue weighted by Gasteiger charge is 2.06. The number of aryl methyl sites for hydroxylation is 1. The smallest absolute Gasteiger partial charge is 0.262 e. The number of anilines is 1. The van der Waals surface area contributed by atoms with Crippen LogP contribution in [0, 0.1) is 6.92 Å². The molecule has 0 heterocycles. The molecular weight excluding hydrogens is 348 g/mol. The fourth-order valence-electron chi connectivity index (χ4n) is 2.82. The quantitative estimate of drug-likeness (QED) is 0.592. The zero-order valence-electron chi connectivity index (χ0n) is 16.3. The Morgan fingerprint density at radius 3 is 2.29 bits per heavy atom. The van der Waals surface area contributed by atoms with Crippen LogP contribution in [0.1, 0.15) is 29.7 Å². The van der Waals surface area contributed by atoms with Gasteiger partial charge in [-0.05, 0) is 49.2 Å². The maximum Gasteiger partial charge on any atom is 0.262 e. The predicted octanol–water partition coefficient (Wildman–Crippen LogP) is 4.86. The molecule has 144 valence electrons. The van der Waals surface area contributed by atoms with E-state index in [-0.39, 0.29) is 18.6 Å². The Hall–Kier alpha value is -3.11. The summed E-state index contributed by atoms with van der Waals surface area (Å²) in [5, 5.41) is 6.34. The van der Waals surface area contributed by atoms with Crippen LogP contribution in [0.5, 0.6) is 5.75 Å². The van der Waals surface area contributed by atoms with Crippen molar-refractivity contribution in [1.29, 1.82) is 0 Å². The molecule has 3 rings (SSSR count). The minimum absolute atomic E-state index is 0.0173. The molecule has 28 heavy (non-hydrogen) atoms. The first kappa shape index (κ1) is 19.6. The number of carbonyl (C=O) groups excluding carboxylic acids is 1. The van der Waals surface area contributed by atoms with Crippen molar-refractivity contribution in [3.05, 3.63) is 95.6 Å². The summed E-state index contributed by atoms with van der Waals surface area (Å²) in [5.41, 5.74) is 4.36. The number of benzene rings is 3. The van der Waals surface area contributed by atoms with Gasteiger partial charge in [0.05, 0.1) is 0 Å². The maximum atomic E-state index is 12.0. The molecule has 0 saturated carbocycles. The molecule has 0 aliphatic rings. The maximum absolute atomic E-state index is 12.0. The second-order valence-electron chi connectivity index (χ2n) is 6.86. The monoisotopic (exact) mass is 374 g/mol. The first-order valence-corrected chi connectivity index (χ1v) is 9.47. The van der Waals surface area contributed by atoms with Crippen molar-refractivity contribution in [1.82, 2.24) is 5.32 Å². The van der Waals surface area contributed by atoms with Crippen LogP contribution in [-0.4, -0.2) is 12.5 Å². The van der Waals surface area contributed by atoms with Gasteiger partial charge in [0.15, 0.2) is 6.61 Å². The summed E-state index contributed by atoms with van der Waals surface area (Å²) in [6.07, 6.45) is 0. The lowest BCUT2D eigenvalue weighted by atomic mass is 10.1. The lowest BCUT2D eigenvalue weighted by molar-refractivity contribution is -0.118. The average Bonchev–Trinajstić information content (AvgIpc) is 2.73. The molecule has 4 nitrogen and oxygen atoms in total. The molecule has 1 amide bonds. The van der Waals surface area contributed by atoms with Gasteiger partial charge in [0.1, 0.15) is 5.75 Å². The van der Waals surface area contributed by atoms with Gasteiger partial charge in [-0.1, -0.05) is 60.2 Å². The number of hydrogen-bond acceptors (Lipinski definition) is 3. The van der Waals surface area contributed by atoms with Crippen molar-refractivity contribution in [2.24, 2.45) is 0 Å². The van der Waals surface area contributed by atoms with E-state index in [1.54, 1.807) is 0 Å². The molecule has 3 aromatic carbocycles. The van der Waals surface area contributed by atoms with Crippen molar-refractivity contribution in [2.45, 2.75) is 26.4 Å². The fraction of sp³-hybridized carbons (Fsp3) is 0.208. The fourth-order valence-corrected chi connectivity index (χ4v) is 2.82. The van der Waals surface area contributed by atoms with Crippen molar-refractivity contribution >= 4 is 11.6 Å². The standard InChI is InChI=1S/C24H26N2O2/c1-18-8-12-22(13-9-18)26-24(27)17-28-23-14-10-20(11-15-23)16-25-19(2)21-6-4-3-5-7-21/h3-15,19,25H,16-17H2,1-2H3,(H,26,27)/t19-/m0/s1. The summed E-state index contributed by atoms with van der Waals surface area (Å²) in [6.45, 7) is 4.91. The Kier molecular flexibility index (Phi) is 6.82. The number of amides is 1. The minimum Gasteiger partial charge on any atom is -0.484 e. The number of hydrogen-bond donors (Lipinski definition) is 2. The van der Waals surface area contributed by atoms with Crippen LogP contribution < -0.4 is 15.4 Å². The Morgan fingerprint density at radius 1 is 0.929 bits per heavy atom. The van der Waals surface area contributed by atoms with Gasteiger partial charge in [0.2, 0.25) is 0 Å². The number of rotatable bonds is 8. The summed E-state index contributed by atoms with van der Waals surface area (Å²) in [6, 6.07) is 26.1. The molecule has 2 N–H and O–H groups in total. The molecule has 0 bridgehead atoms. The van der Waals surface area contributed by atoms with E-state index in [4.69, 9.17) is 4.74 Å². The summed E-state index contributed by atoms with van der Waals surface area (Å²) >= 11 is 0. The van der Waals surface area contributed by atoms with E-state index in [0.717, 1.165) is 17.8 Å². The van der Waals surface area contributed by atoms with Gasteiger partial charge < -0.3 is 15.4 Å². The second-order valence-corrected chi connectivity index (χ2v) is 6.86. The van der Waals surface area contributed by atoms with Crippen molar-refractivity contribution in [2.75, 3.05) is 11.9 Å². The first-order valence-electron chi connectivity index (χ1n) is 9.47. The van der Waals surface area contributed by atoms with E-state index in [9.17, 15) is 4.79 Å². The Morgan fingerprint density at radius 2 is 1.61 bits per heavy atom. The number of nitrogens with one attached hydrogen (secondary N) is 2. The lowest BCUT2D eigenvalue weighted by Crippen LogP contribution is -2.20. The van der Waals surface area contributed by atoms with Gasteiger partial charge >= 0.3 is 0 Å². The highest BCUT2D eigenvalue weighted by Crippen LogP contribution is 2.15. The molecule has 0 fully saturated rings. The van der Waals surface area contributed by atoms with Gasteiger partial charge in [-0.3, -0.25) is 4.79 Å². The van der Waals surface area contributed by atoms with E-state index in [2.05, 4.69) is 41.8 Å². The summed E-state index contributed by atoms with van der Waals surface area (Å²) in [4.78, 5) is 12.0. The lowest BCUT2D eigenvalue weighted by Gasteiger charge is -2.14. The molecule has 0 saturated heterocycles. The van der Waals surface area contributed by atoms with Gasteiger partial charge in [-0.2, -0.15) is 0 Å². The second kappa shape index (κ2) is 9.72. The van der Waals surface area contributed by atoms with Gasteiger partial charge in [0.25, 0.3) is 5.91 Å². The minimum atomic E-state index is -0.175. The molecule has 0 aliphatic heterocycles. The van der Waals surface area contributed by atoms with Crippen molar-refractivity contribution in [3.8, 4) is 5.75 Å². The SMILES string of the molecule is Cc1ccc(NC(=O)COc2ccc(CN[C@@H](C)c3ccccc3)cc2)cc1. The van der Waals surface area contributed by atoms with E-state index >= 15 is 0 Å². The van der Waals surface area contributed by atoms with Gasteiger partial charge in [-0.15, -0.1) is 0 Å². The van der Waals surface area contributed by atoms with Crippen molar-refractivity contribution < 1.29 is 9.53 Å². The summed E-state index contributed by atoms with van der Waals surface area (Å²) < 4.78 is 5.58. The van der Waals surface area contributed by atoms with Gasteiger partial charge in [0, 0.05) is 18.3 Å². The van der Waals surface area contributed by atoms with Gasteiger partial charge in [-0.25, -0.2) is 0 Å². The molecule has 0 unspecified atom stereocenters. The normalized spacial score (nSPS) is 11.6. The number of carbonyl (C=O) groups is 1. The number of ether oxygens (including phenoxy) is 1. The molecule has 0 spiro atoms. The molecule has 4 heteroatoms. The topological polar surface area (TPSA) is 50.4 Å². The van der Waals surface area contributed by atoms with Crippen LogP contribution in [0.3, 0.4) is 0 Å². The first-order chi connectivity index (χ1) is 13.6. The predicted molar refractivity (Wildman–Crippen MR) is 113 cm³/mol. The zero-order valence-corrected chi connectivity index (χ0v) is 16.3. The van der Waals surface area contributed by atoms with E-state index in [1.807, 2.05) is 61.5 Å². The molecule has 1 atom stereocenters. The Balaban J connectivity index is 1.43. The van der Waals surface area contributed by atoms with Crippen LogP contribution >= 0.6 is 0 Å². The average molecular weight is 374 g/mol. The highest BCUT2D eigenvalue weighted by atomic mass is 16.5. The van der Waals surface area contributed by atoms with Crippen molar-refractivity contribution in [3.63, 3.8) is 0 Å². The third kappa shape index (κ3) is 5.96. The third-order valence-electron chi connectivity index (χ3n) is 4.54. The van der Waals surface area contributed by atoms with Crippen LogP contribution in [-0.2, 0) is 11.3 Å². The molecule has 3 aromatic rings. The van der Waals surface area contributed by atoms with Crippen LogP contribution in [0.2, 0.25) is 0 Å². The largest absolute Gasteiger partial charge is 0.484 e. The highest BCUT2D eigenvalue weighted by molar-refractivity contribution is 5.91. The molecule has 0 aromatic heterocycles. The Labute approximate surface area is 166 Å². The summed E-state index contributed by atoms with van der Waals surface area (Å²) in [5.74, 6) is 0.505. The third-order valence-corrected chi connectivity index (χ3v) is 4.54. The molecule has 0 aliphatic carbocycles. The molecular formula is C24H26N2O2. The van der Waals surface area contributed by atoms with E-state index in [1.165, 1.54) is 11.1 Å².